The van der Waals surface area contributed by atoms with Crippen LogP contribution in [0.15, 0.2) is 59.6 Å². The number of hydrogen-bond acceptors (Lipinski definition) is 6. The molecule has 3 rings (SSSR count). The number of nitrogens with zero attached hydrogens (tertiary/aromatic N) is 3. The lowest BCUT2D eigenvalue weighted by molar-refractivity contribution is -0.387. The van der Waals surface area contributed by atoms with Gasteiger partial charge in [0.1, 0.15) is 5.03 Å². The minimum Gasteiger partial charge on any atom is -0.325 e. The number of halogens is 2. The first kappa shape index (κ1) is 19.7. The van der Waals surface area contributed by atoms with Crippen molar-refractivity contribution in [2.75, 3.05) is 11.1 Å². The molecule has 0 atom stereocenters. The molecule has 2 aromatic carbocycles. The van der Waals surface area contributed by atoms with Gasteiger partial charge in [0, 0.05) is 22.3 Å². The lowest BCUT2D eigenvalue weighted by Crippen LogP contribution is -2.14. The fourth-order valence-corrected chi connectivity index (χ4v) is 2.98. The van der Waals surface area contributed by atoms with E-state index in [4.69, 9.17) is 11.6 Å². The van der Waals surface area contributed by atoms with E-state index in [-0.39, 0.29) is 11.4 Å². The normalized spacial score (nSPS) is 10.5. The smallest absolute Gasteiger partial charge is 0.306 e. The third-order valence-corrected chi connectivity index (χ3v) is 4.73. The van der Waals surface area contributed by atoms with Crippen LogP contribution in [0.1, 0.15) is 0 Å². The summed E-state index contributed by atoms with van der Waals surface area (Å²) in [5.74, 6) is -1.36. The van der Waals surface area contributed by atoms with E-state index in [9.17, 15) is 19.3 Å². The summed E-state index contributed by atoms with van der Waals surface area (Å²) in [6.07, 6.45) is 0. The second-order valence-corrected chi connectivity index (χ2v) is 6.96. The summed E-state index contributed by atoms with van der Waals surface area (Å²) >= 11 is 7.01. The fourth-order valence-electron chi connectivity index (χ4n) is 2.24. The highest BCUT2D eigenvalue weighted by Crippen LogP contribution is 2.23. The van der Waals surface area contributed by atoms with Crippen LogP contribution in [0, 0.1) is 15.9 Å². The number of nitro benzene ring substituents is 1. The first-order valence-corrected chi connectivity index (χ1v) is 9.25. The number of rotatable bonds is 6. The Hall–Kier alpha value is -3.04. The number of carbonyl (C=O) groups is 1. The van der Waals surface area contributed by atoms with Crippen molar-refractivity contribution < 1.29 is 14.1 Å². The van der Waals surface area contributed by atoms with Gasteiger partial charge in [-0.2, -0.15) is 4.39 Å². The number of nitrogens with one attached hydrogen (secondary N) is 1. The van der Waals surface area contributed by atoms with Crippen LogP contribution >= 0.6 is 23.4 Å². The molecule has 0 bridgehead atoms. The Labute approximate surface area is 168 Å². The number of nitro groups is 1. The van der Waals surface area contributed by atoms with Gasteiger partial charge >= 0.3 is 5.69 Å². The molecule has 0 saturated carbocycles. The quantitative estimate of drug-likeness (QED) is 0.357. The molecule has 142 valence electrons. The molecule has 0 fully saturated rings. The maximum Gasteiger partial charge on any atom is 0.306 e. The maximum absolute atomic E-state index is 13.3. The number of thioether (sulfide) groups is 1. The first-order valence-electron chi connectivity index (χ1n) is 7.88. The standard InChI is InChI=1S/C18H12ClFN4O3S/c19-12-3-1-11(2-4-12)15-7-8-18(23-22-15)28-10-17(25)21-13-5-6-14(20)16(9-13)24(26)27/h1-9H,10H2,(H,21,25). The predicted octanol–water partition coefficient (Wildman–Crippen LogP) is 4.58. The molecule has 0 aliphatic heterocycles. The van der Waals surface area contributed by atoms with Crippen LogP contribution in [0.4, 0.5) is 15.8 Å². The molecule has 0 saturated heterocycles. The number of hydrogen-bond donors (Lipinski definition) is 1. The molecule has 0 aliphatic carbocycles. The van der Waals surface area contributed by atoms with Crippen molar-refractivity contribution in [2.24, 2.45) is 0 Å². The molecule has 1 amide bonds. The summed E-state index contributed by atoms with van der Waals surface area (Å²) in [5, 5.41) is 22.6. The number of amides is 1. The summed E-state index contributed by atoms with van der Waals surface area (Å²) in [5.41, 5.74) is 0.977. The molecule has 0 radical (unpaired) electrons. The molecule has 10 heteroatoms. The van der Waals surface area contributed by atoms with Gasteiger partial charge in [0.05, 0.1) is 16.4 Å². The van der Waals surface area contributed by atoms with Crippen molar-refractivity contribution in [2.45, 2.75) is 5.03 Å². The van der Waals surface area contributed by atoms with E-state index in [1.807, 2.05) is 12.1 Å². The highest BCUT2D eigenvalue weighted by Gasteiger charge is 2.15. The van der Waals surface area contributed by atoms with Gasteiger partial charge in [0.2, 0.25) is 11.7 Å². The predicted molar refractivity (Wildman–Crippen MR) is 105 cm³/mol. The maximum atomic E-state index is 13.3. The van der Waals surface area contributed by atoms with Crippen LogP contribution < -0.4 is 5.32 Å². The number of anilines is 1. The van der Waals surface area contributed by atoms with Gasteiger partial charge in [-0.1, -0.05) is 35.5 Å². The van der Waals surface area contributed by atoms with Gasteiger partial charge in [-0.3, -0.25) is 14.9 Å². The molecule has 1 N–H and O–H groups in total. The number of aromatic nitrogens is 2. The number of carbonyl (C=O) groups excluding carboxylic acids is 1. The third-order valence-electron chi connectivity index (χ3n) is 3.56. The molecular formula is C18H12ClFN4O3S. The summed E-state index contributed by atoms with van der Waals surface area (Å²) in [6.45, 7) is 0. The van der Waals surface area contributed by atoms with Crippen LogP contribution in [0.3, 0.4) is 0 Å². The Bertz CT molecular complexity index is 1020. The Balaban J connectivity index is 1.58. The monoisotopic (exact) mass is 418 g/mol. The van der Waals surface area contributed by atoms with Crippen molar-refractivity contribution in [1.29, 1.82) is 0 Å². The molecule has 0 spiro atoms. The molecule has 7 nitrogen and oxygen atoms in total. The SMILES string of the molecule is O=C(CSc1ccc(-c2ccc(Cl)cc2)nn1)Nc1ccc(F)c([N+](=O)[O-])c1. The topological polar surface area (TPSA) is 98.0 Å². The van der Waals surface area contributed by atoms with Crippen LogP contribution in [0.5, 0.6) is 0 Å². The van der Waals surface area contributed by atoms with Gasteiger partial charge in [-0.15, -0.1) is 10.2 Å². The molecule has 28 heavy (non-hydrogen) atoms. The van der Waals surface area contributed by atoms with Crippen molar-refractivity contribution in [3.05, 3.63) is 75.6 Å². The van der Waals surface area contributed by atoms with Crippen LogP contribution in [0.25, 0.3) is 11.3 Å². The third kappa shape index (κ3) is 5.02. The Kier molecular flexibility index (Phi) is 6.17. The van der Waals surface area contributed by atoms with Crippen molar-refractivity contribution in [3.8, 4) is 11.3 Å². The zero-order chi connectivity index (χ0) is 20.1. The Morgan fingerprint density at radius 2 is 1.89 bits per heavy atom. The van der Waals surface area contributed by atoms with E-state index < -0.39 is 22.3 Å². The van der Waals surface area contributed by atoms with Gasteiger partial charge in [-0.25, -0.2) is 0 Å². The van der Waals surface area contributed by atoms with Crippen molar-refractivity contribution in [1.82, 2.24) is 10.2 Å². The zero-order valence-corrected chi connectivity index (χ0v) is 15.7. The largest absolute Gasteiger partial charge is 0.325 e. The zero-order valence-electron chi connectivity index (χ0n) is 14.1. The minimum atomic E-state index is -0.964. The van der Waals surface area contributed by atoms with E-state index in [2.05, 4.69) is 15.5 Å². The Morgan fingerprint density at radius 1 is 1.14 bits per heavy atom. The van der Waals surface area contributed by atoms with E-state index >= 15 is 0 Å². The van der Waals surface area contributed by atoms with Crippen LogP contribution in [-0.4, -0.2) is 26.8 Å². The lowest BCUT2D eigenvalue weighted by Gasteiger charge is -2.05. The first-order chi connectivity index (χ1) is 13.4. The molecule has 1 aromatic heterocycles. The average Bonchev–Trinajstić information content (AvgIpc) is 2.69. The highest BCUT2D eigenvalue weighted by atomic mass is 35.5. The van der Waals surface area contributed by atoms with Gasteiger partial charge in [-0.05, 0) is 36.4 Å². The summed E-state index contributed by atoms with van der Waals surface area (Å²) in [6, 6.07) is 13.8. The molecule has 0 aliphatic rings. The van der Waals surface area contributed by atoms with E-state index in [0.29, 0.717) is 15.7 Å². The summed E-state index contributed by atoms with van der Waals surface area (Å²) < 4.78 is 13.3. The molecule has 3 aromatic rings. The average molecular weight is 419 g/mol. The van der Waals surface area contributed by atoms with Gasteiger partial charge in [0.25, 0.3) is 0 Å². The fraction of sp³-hybridized carbons (Fsp3) is 0.0556. The van der Waals surface area contributed by atoms with E-state index in [1.54, 1.807) is 24.3 Å². The molecular weight excluding hydrogens is 407 g/mol. The minimum absolute atomic E-state index is 0.0140. The van der Waals surface area contributed by atoms with E-state index in [1.165, 1.54) is 6.07 Å². The second kappa shape index (κ2) is 8.77. The second-order valence-electron chi connectivity index (χ2n) is 5.52. The van der Waals surface area contributed by atoms with E-state index in [0.717, 1.165) is 29.5 Å². The van der Waals surface area contributed by atoms with Crippen molar-refractivity contribution in [3.63, 3.8) is 0 Å². The summed E-state index contributed by atoms with van der Waals surface area (Å²) in [7, 11) is 0. The van der Waals surface area contributed by atoms with Gasteiger partial charge in [0.15, 0.2) is 0 Å². The van der Waals surface area contributed by atoms with Gasteiger partial charge < -0.3 is 5.32 Å². The summed E-state index contributed by atoms with van der Waals surface area (Å²) in [4.78, 5) is 21.9. The van der Waals surface area contributed by atoms with Crippen LogP contribution in [0.2, 0.25) is 5.02 Å². The lowest BCUT2D eigenvalue weighted by atomic mass is 10.1. The van der Waals surface area contributed by atoms with Crippen LogP contribution in [-0.2, 0) is 4.79 Å². The number of benzene rings is 2. The molecule has 0 unspecified atom stereocenters. The molecule has 1 heterocycles. The van der Waals surface area contributed by atoms with Crippen molar-refractivity contribution >= 4 is 40.6 Å². The highest BCUT2D eigenvalue weighted by molar-refractivity contribution is 7.99. The Morgan fingerprint density at radius 3 is 2.54 bits per heavy atom.